The summed E-state index contributed by atoms with van der Waals surface area (Å²) < 4.78 is 4.51. The van der Waals surface area contributed by atoms with E-state index in [0.717, 1.165) is 22.4 Å². The first-order valence-electron chi connectivity index (χ1n) is 5.24. The quantitative estimate of drug-likeness (QED) is 0.474. The second kappa shape index (κ2) is 5.89. The van der Waals surface area contributed by atoms with Crippen LogP contribution < -0.4 is 11.2 Å². The molecule has 0 fully saturated rings. The smallest absolute Gasteiger partial charge is 0.407 e. The number of hydrogen-bond donors (Lipinski definition) is 2. The summed E-state index contributed by atoms with van der Waals surface area (Å²) in [4.78, 5) is 10.9. The molecule has 0 aliphatic carbocycles. The van der Waals surface area contributed by atoms with Crippen LogP contribution in [0, 0.1) is 6.92 Å². The van der Waals surface area contributed by atoms with E-state index in [0.29, 0.717) is 6.54 Å². The molecular weight excluding hydrogens is 218 g/mol. The van der Waals surface area contributed by atoms with Crippen molar-refractivity contribution in [2.24, 2.45) is 10.9 Å². The zero-order chi connectivity index (χ0) is 12.8. The van der Waals surface area contributed by atoms with E-state index < -0.39 is 6.09 Å². The minimum absolute atomic E-state index is 0.437. The molecule has 0 atom stereocenters. The maximum absolute atomic E-state index is 10.9. The van der Waals surface area contributed by atoms with Gasteiger partial charge in [0, 0.05) is 6.54 Å². The summed E-state index contributed by atoms with van der Waals surface area (Å²) >= 11 is 0. The van der Waals surface area contributed by atoms with Crippen molar-refractivity contribution in [1.82, 2.24) is 5.32 Å². The number of alkyl carbamates (subject to hydrolysis) is 1. The van der Waals surface area contributed by atoms with Crippen molar-refractivity contribution in [3.8, 4) is 0 Å². The van der Waals surface area contributed by atoms with Crippen molar-refractivity contribution in [3.05, 3.63) is 34.9 Å². The van der Waals surface area contributed by atoms with Crippen LogP contribution in [0.5, 0.6) is 0 Å². The van der Waals surface area contributed by atoms with Gasteiger partial charge in [-0.3, -0.25) is 0 Å². The van der Waals surface area contributed by atoms with Crippen molar-refractivity contribution < 1.29 is 9.53 Å². The van der Waals surface area contributed by atoms with Crippen LogP contribution in [0.1, 0.15) is 23.6 Å². The lowest BCUT2D eigenvalue weighted by Gasteiger charge is -2.09. The first kappa shape index (κ1) is 13.0. The topological polar surface area (TPSA) is 76.7 Å². The van der Waals surface area contributed by atoms with E-state index in [1.54, 1.807) is 0 Å². The Bertz CT molecular complexity index is 441. The lowest BCUT2D eigenvalue weighted by Crippen LogP contribution is -2.22. The van der Waals surface area contributed by atoms with Gasteiger partial charge in [0.25, 0.3) is 0 Å². The van der Waals surface area contributed by atoms with Gasteiger partial charge in [0.15, 0.2) is 0 Å². The molecule has 0 saturated carbocycles. The molecule has 0 aliphatic heterocycles. The van der Waals surface area contributed by atoms with Gasteiger partial charge in [-0.2, -0.15) is 5.10 Å². The number of nitrogens with one attached hydrogen (secondary N) is 1. The molecule has 0 aromatic heterocycles. The molecule has 0 aliphatic rings. The average Bonchev–Trinajstić information content (AvgIpc) is 2.35. The van der Waals surface area contributed by atoms with Crippen LogP contribution in [0.2, 0.25) is 0 Å². The fraction of sp³-hybridized carbons (Fsp3) is 0.333. The number of benzene rings is 1. The first-order chi connectivity index (χ1) is 8.08. The van der Waals surface area contributed by atoms with Crippen LogP contribution in [0.25, 0.3) is 0 Å². The van der Waals surface area contributed by atoms with Crippen LogP contribution in [0.15, 0.2) is 23.3 Å². The molecule has 1 aromatic carbocycles. The summed E-state index contributed by atoms with van der Waals surface area (Å²) in [5.74, 6) is 5.22. The third-order valence-electron chi connectivity index (χ3n) is 2.56. The molecule has 17 heavy (non-hydrogen) atoms. The van der Waals surface area contributed by atoms with Gasteiger partial charge >= 0.3 is 6.09 Å². The number of nitrogens with two attached hydrogens (primary N) is 1. The average molecular weight is 235 g/mol. The highest BCUT2D eigenvalue weighted by Gasteiger charge is 2.04. The van der Waals surface area contributed by atoms with E-state index in [1.807, 2.05) is 32.0 Å². The number of rotatable bonds is 3. The molecule has 0 saturated heterocycles. The molecule has 0 heterocycles. The summed E-state index contributed by atoms with van der Waals surface area (Å²) in [5.41, 5.74) is 3.86. The maximum atomic E-state index is 10.9. The number of aryl methyl sites for hydroxylation is 1. The predicted octanol–water partition coefficient (Wildman–Crippen LogP) is 1.53. The molecule has 3 N–H and O–H groups in total. The van der Waals surface area contributed by atoms with Crippen molar-refractivity contribution in [1.29, 1.82) is 0 Å². The molecule has 5 heteroatoms. The Morgan fingerprint density at radius 1 is 1.53 bits per heavy atom. The van der Waals surface area contributed by atoms with Crippen LogP contribution in [0.4, 0.5) is 4.79 Å². The lowest BCUT2D eigenvalue weighted by atomic mass is 10.0. The molecule has 0 radical (unpaired) electrons. The number of nitrogens with zero attached hydrogens (tertiary/aromatic N) is 1. The van der Waals surface area contributed by atoms with Crippen LogP contribution in [-0.4, -0.2) is 18.9 Å². The molecule has 5 nitrogen and oxygen atoms in total. The van der Waals surface area contributed by atoms with E-state index in [2.05, 4.69) is 15.2 Å². The number of hydrogen-bond acceptors (Lipinski definition) is 4. The number of methoxy groups -OCH3 is 1. The van der Waals surface area contributed by atoms with Crippen molar-refractivity contribution in [3.63, 3.8) is 0 Å². The molecule has 1 rings (SSSR count). The summed E-state index contributed by atoms with van der Waals surface area (Å²) in [6.07, 6.45) is -0.437. The van der Waals surface area contributed by atoms with Gasteiger partial charge in [0.05, 0.1) is 12.8 Å². The van der Waals surface area contributed by atoms with E-state index >= 15 is 0 Å². The Kier molecular flexibility index (Phi) is 4.51. The summed E-state index contributed by atoms with van der Waals surface area (Å²) in [7, 11) is 1.34. The van der Waals surface area contributed by atoms with Crippen LogP contribution in [-0.2, 0) is 11.3 Å². The van der Waals surface area contributed by atoms with Gasteiger partial charge in [-0.05, 0) is 36.6 Å². The Hall–Kier alpha value is -2.04. The van der Waals surface area contributed by atoms with Crippen molar-refractivity contribution >= 4 is 11.8 Å². The summed E-state index contributed by atoms with van der Waals surface area (Å²) in [6, 6.07) is 5.85. The molecule has 1 aromatic rings. The molecule has 0 spiro atoms. The van der Waals surface area contributed by atoms with E-state index in [1.165, 1.54) is 7.11 Å². The number of amides is 1. The normalized spacial score (nSPS) is 11.1. The van der Waals surface area contributed by atoms with E-state index in [9.17, 15) is 4.79 Å². The Balaban J connectivity index is 2.80. The van der Waals surface area contributed by atoms with Gasteiger partial charge in [-0.1, -0.05) is 12.1 Å². The van der Waals surface area contributed by atoms with Gasteiger partial charge in [-0.25, -0.2) is 4.79 Å². The van der Waals surface area contributed by atoms with Gasteiger partial charge in [0.1, 0.15) is 0 Å². The fourth-order valence-electron chi connectivity index (χ4n) is 1.43. The number of hydrazone groups is 1. The molecule has 92 valence electrons. The first-order valence-corrected chi connectivity index (χ1v) is 5.24. The second-order valence-electron chi connectivity index (χ2n) is 3.70. The minimum atomic E-state index is -0.437. The lowest BCUT2D eigenvalue weighted by molar-refractivity contribution is 0.170. The van der Waals surface area contributed by atoms with E-state index in [-0.39, 0.29) is 0 Å². The summed E-state index contributed by atoms with van der Waals surface area (Å²) in [6.45, 7) is 4.26. The highest BCUT2D eigenvalue weighted by atomic mass is 16.5. The zero-order valence-corrected chi connectivity index (χ0v) is 10.3. The van der Waals surface area contributed by atoms with Gasteiger partial charge in [-0.15, -0.1) is 0 Å². The molecular formula is C12H17N3O2. The third-order valence-corrected chi connectivity index (χ3v) is 2.56. The molecule has 1 amide bonds. The largest absolute Gasteiger partial charge is 0.453 e. The monoisotopic (exact) mass is 235 g/mol. The Labute approximate surface area is 101 Å². The van der Waals surface area contributed by atoms with Crippen molar-refractivity contribution in [2.45, 2.75) is 20.4 Å². The number of carbonyl (C=O) groups is 1. The standard InChI is InChI=1S/C12H17N3O2/c1-8-6-10(9(2)15-13)4-5-11(8)7-14-12(16)17-3/h4-6H,7,13H2,1-3H3,(H,14,16). The van der Waals surface area contributed by atoms with Gasteiger partial charge in [0.2, 0.25) is 0 Å². The van der Waals surface area contributed by atoms with Crippen molar-refractivity contribution in [2.75, 3.05) is 7.11 Å². The maximum Gasteiger partial charge on any atom is 0.407 e. The molecule has 0 bridgehead atoms. The highest BCUT2D eigenvalue weighted by Crippen LogP contribution is 2.11. The number of carbonyl (C=O) groups excluding carboxylic acids is 1. The molecule has 0 unspecified atom stereocenters. The van der Waals surface area contributed by atoms with Crippen LogP contribution >= 0.6 is 0 Å². The highest BCUT2D eigenvalue weighted by molar-refractivity contribution is 5.98. The second-order valence-corrected chi connectivity index (χ2v) is 3.70. The van der Waals surface area contributed by atoms with Crippen LogP contribution in [0.3, 0.4) is 0 Å². The number of ether oxygens (including phenoxy) is 1. The third kappa shape index (κ3) is 3.48. The predicted molar refractivity (Wildman–Crippen MR) is 66.8 cm³/mol. The van der Waals surface area contributed by atoms with E-state index in [4.69, 9.17) is 5.84 Å². The Morgan fingerprint density at radius 2 is 2.24 bits per heavy atom. The minimum Gasteiger partial charge on any atom is -0.453 e. The zero-order valence-electron chi connectivity index (χ0n) is 10.3. The van der Waals surface area contributed by atoms with Gasteiger partial charge < -0.3 is 15.9 Å². The fourth-order valence-corrected chi connectivity index (χ4v) is 1.43. The summed E-state index contributed by atoms with van der Waals surface area (Å²) in [5, 5.41) is 6.28. The SMILES string of the molecule is COC(=O)NCc1ccc(C(C)=NN)cc1C. The Morgan fingerprint density at radius 3 is 2.76 bits per heavy atom.